The molecule has 23 heavy (non-hydrogen) atoms. The third kappa shape index (κ3) is 3.81. The van der Waals surface area contributed by atoms with E-state index in [4.69, 9.17) is 38.2 Å². The Labute approximate surface area is 142 Å². The van der Waals surface area contributed by atoms with Gasteiger partial charge in [0.2, 0.25) is 0 Å². The molecule has 1 atom stereocenters. The van der Waals surface area contributed by atoms with Gasteiger partial charge < -0.3 is 15.0 Å². The quantitative estimate of drug-likeness (QED) is 0.900. The number of hydrogen-bond donors (Lipinski definition) is 1. The number of primary amides is 1. The highest BCUT2D eigenvalue weighted by Gasteiger charge is 2.24. The molecule has 9 heteroatoms. The number of carbonyl (C=O) groups is 1. The normalized spacial score (nSPS) is 19.0. The number of carbonyl (C=O) groups excluding carboxylic acids is 1. The Kier molecular flexibility index (Phi) is 4.82. The highest BCUT2D eigenvalue weighted by atomic mass is 35.5. The van der Waals surface area contributed by atoms with Gasteiger partial charge in [0.15, 0.2) is 5.82 Å². The fraction of sp³-hybridized carbons (Fsp3) is 0.357. The number of rotatable bonds is 4. The maximum Gasteiger partial charge on any atom is 0.315 e. The lowest BCUT2D eigenvalue weighted by Gasteiger charge is -2.32. The Bertz CT molecular complexity index is 722. The lowest BCUT2D eigenvalue weighted by molar-refractivity contribution is -0.0338. The maximum atomic E-state index is 11.0. The van der Waals surface area contributed by atoms with Crippen LogP contribution in [0.3, 0.4) is 0 Å². The molecule has 2 aromatic rings. The van der Waals surface area contributed by atoms with E-state index in [1.807, 2.05) is 6.07 Å². The van der Waals surface area contributed by atoms with Crippen molar-refractivity contribution in [1.29, 1.82) is 0 Å². The summed E-state index contributed by atoms with van der Waals surface area (Å²) >= 11 is 12.0. The van der Waals surface area contributed by atoms with Gasteiger partial charge in [-0.2, -0.15) is 4.98 Å². The van der Waals surface area contributed by atoms with E-state index in [0.29, 0.717) is 35.6 Å². The van der Waals surface area contributed by atoms with Crippen molar-refractivity contribution in [1.82, 2.24) is 15.0 Å². The van der Waals surface area contributed by atoms with E-state index < -0.39 is 5.91 Å². The van der Waals surface area contributed by atoms with Gasteiger partial charge in [0.25, 0.3) is 0 Å². The van der Waals surface area contributed by atoms with Gasteiger partial charge in [0.1, 0.15) is 0 Å². The van der Waals surface area contributed by atoms with Crippen LogP contribution in [0.2, 0.25) is 10.0 Å². The molecule has 1 aliphatic rings. The summed E-state index contributed by atoms with van der Waals surface area (Å²) in [6, 6.07) is 5.44. The van der Waals surface area contributed by atoms with Crippen LogP contribution in [-0.4, -0.2) is 40.6 Å². The molecule has 1 aromatic heterocycles. The van der Waals surface area contributed by atoms with Crippen molar-refractivity contribution in [2.75, 3.05) is 19.7 Å². The van der Waals surface area contributed by atoms with E-state index in [0.717, 1.165) is 12.1 Å². The first-order valence-electron chi connectivity index (χ1n) is 6.94. The fourth-order valence-electron chi connectivity index (χ4n) is 2.38. The van der Waals surface area contributed by atoms with Crippen LogP contribution in [0.1, 0.15) is 28.2 Å². The van der Waals surface area contributed by atoms with Crippen molar-refractivity contribution in [3.05, 3.63) is 45.5 Å². The number of hydrogen-bond acceptors (Lipinski definition) is 6. The third-order valence-corrected chi connectivity index (χ3v) is 4.25. The summed E-state index contributed by atoms with van der Waals surface area (Å²) in [6.07, 6.45) is -0.124. The van der Waals surface area contributed by atoms with Gasteiger partial charge in [-0.25, -0.2) is 0 Å². The van der Waals surface area contributed by atoms with Gasteiger partial charge >= 0.3 is 11.8 Å². The highest BCUT2D eigenvalue weighted by Crippen LogP contribution is 2.29. The van der Waals surface area contributed by atoms with Gasteiger partial charge in [-0.1, -0.05) is 34.4 Å². The average molecular weight is 357 g/mol. The zero-order valence-electron chi connectivity index (χ0n) is 12.0. The number of morpholine rings is 1. The minimum Gasteiger partial charge on any atom is -0.371 e. The van der Waals surface area contributed by atoms with Crippen molar-refractivity contribution in [3.63, 3.8) is 0 Å². The number of nitrogens with zero attached hydrogens (tertiary/aromatic N) is 3. The van der Waals surface area contributed by atoms with E-state index in [2.05, 4.69) is 15.0 Å². The molecule has 122 valence electrons. The number of benzene rings is 1. The average Bonchev–Trinajstić information content (AvgIpc) is 2.99. The number of aromatic nitrogens is 2. The van der Waals surface area contributed by atoms with Crippen molar-refractivity contribution in [3.8, 4) is 0 Å². The van der Waals surface area contributed by atoms with Crippen LogP contribution in [0.25, 0.3) is 0 Å². The molecule has 7 nitrogen and oxygen atoms in total. The van der Waals surface area contributed by atoms with Gasteiger partial charge in [0, 0.05) is 13.1 Å². The van der Waals surface area contributed by atoms with Gasteiger partial charge in [-0.3, -0.25) is 9.69 Å². The van der Waals surface area contributed by atoms with Gasteiger partial charge in [-0.05, 0) is 17.7 Å². The molecular weight excluding hydrogens is 343 g/mol. The molecule has 0 saturated carbocycles. The molecular formula is C14H14Cl2N4O3. The molecule has 3 rings (SSSR count). The predicted molar refractivity (Wildman–Crippen MR) is 83.2 cm³/mol. The van der Waals surface area contributed by atoms with Crippen LogP contribution in [0.15, 0.2) is 22.7 Å². The second-order valence-electron chi connectivity index (χ2n) is 5.15. The summed E-state index contributed by atoms with van der Waals surface area (Å²) in [5.74, 6) is -0.512. The molecule has 1 fully saturated rings. The Morgan fingerprint density at radius 2 is 2.22 bits per heavy atom. The van der Waals surface area contributed by atoms with Crippen LogP contribution >= 0.6 is 23.2 Å². The SMILES string of the molecule is NC(=O)c1nc(CN2CCO[C@H](c3ccc(Cl)c(Cl)c3)C2)no1. The Morgan fingerprint density at radius 1 is 1.39 bits per heavy atom. The molecule has 0 bridgehead atoms. The van der Waals surface area contributed by atoms with Gasteiger partial charge in [0.05, 0.1) is 29.3 Å². The monoisotopic (exact) mass is 356 g/mol. The van der Waals surface area contributed by atoms with E-state index in [1.165, 1.54) is 0 Å². The Hall–Kier alpha value is -1.67. The van der Waals surface area contributed by atoms with E-state index in [9.17, 15) is 4.79 Å². The molecule has 1 saturated heterocycles. The number of halogens is 2. The van der Waals surface area contributed by atoms with Crippen molar-refractivity contribution in [2.45, 2.75) is 12.6 Å². The summed E-state index contributed by atoms with van der Waals surface area (Å²) in [4.78, 5) is 17.0. The Morgan fingerprint density at radius 3 is 2.91 bits per heavy atom. The summed E-state index contributed by atoms with van der Waals surface area (Å²) in [5, 5.41) is 4.75. The van der Waals surface area contributed by atoms with Crippen molar-refractivity contribution in [2.24, 2.45) is 5.73 Å². The van der Waals surface area contributed by atoms with Crippen molar-refractivity contribution >= 4 is 29.1 Å². The minimum absolute atomic E-state index is 0.124. The molecule has 2 N–H and O–H groups in total. The van der Waals surface area contributed by atoms with Crippen LogP contribution in [-0.2, 0) is 11.3 Å². The first-order valence-corrected chi connectivity index (χ1v) is 7.70. The number of nitrogens with two attached hydrogens (primary N) is 1. The first-order chi connectivity index (χ1) is 11.0. The second kappa shape index (κ2) is 6.84. The highest BCUT2D eigenvalue weighted by molar-refractivity contribution is 6.42. The summed E-state index contributed by atoms with van der Waals surface area (Å²) in [7, 11) is 0. The Balaban J connectivity index is 1.67. The molecule has 0 unspecified atom stereocenters. The third-order valence-electron chi connectivity index (χ3n) is 3.51. The van der Waals surface area contributed by atoms with Gasteiger partial charge in [-0.15, -0.1) is 0 Å². The zero-order chi connectivity index (χ0) is 16.4. The molecule has 0 aliphatic carbocycles. The minimum atomic E-state index is -0.737. The molecule has 1 amide bonds. The largest absolute Gasteiger partial charge is 0.371 e. The number of ether oxygens (including phenoxy) is 1. The first kappa shape index (κ1) is 16.2. The van der Waals surface area contributed by atoms with Crippen LogP contribution in [0.4, 0.5) is 0 Å². The molecule has 1 aromatic carbocycles. The van der Waals surface area contributed by atoms with Crippen molar-refractivity contribution < 1.29 is 14.1 Å². The fourth-order valence-corrected chi connectivity index (χ4v) is 2.69. The molecule has 0 spiro atoms. The van der Waals surface area contributed by atoms with Crippen LogP contribution in [0.5, 0.6) is 0 Å². The standard InChI is InChI=1S/C14H14Cl2N4O3/c15-9-2-1-8(5-10(9)16)11-6-20(3-4-22-11)7-12-18-14(13(17)21)23-19-12/h1-2,5,11H,3-4,6-7H2,(H2,17,21)/t11-/m0/s1. The predicted octanol–water partition coefficient (Wildman–Crippen LogP) is 2.05. The van der Waals surface area contributed by atoms with E-state index >= 15 is 0 Å². The lowest BCUT2D eigenvalue weighted by Crippen LogP contribution is -2.38. The maximum absolute atomic E-state index is 11.0. The molecule has 1 aliphatic heterocycles. The van der Waals surface area contributed by atoms with E-state index in [-0.39, 0.29) is 12.0 Å². The second-order valence-corrected chi connectivity index (χ2v) is 5.96. The smallest absolute Gasteiger partial charge is 0.315 e. The molecule has 2 heterocycles. The zero-order valence-corrected chi connectivity index (χ0v) is 13.5. The lowest BCUT2D eigenvalue weighted by atomic mass is 10.1. The summed E-state index contributed by atoms with van der Waals surface area (Å²) in [5.41, 5.74) is 6.05. The van der Waals surface area contributed by atoms with E-state index in [1.54, 1.807) is 12.1 Å². The summed E-state index contributed by atoms with van der Waals surface area (Å²) < 4.78 is 10.6. The molecule has 0 radical (unpaired) electrons. The summed E-state index contributed by atoms with van der Waals surface area (Å²) in [6.45, 7) is 2.36. The number of amides is 1. The topological polar surface area (TPSA) is 94.5 Å². The van der Waals surface area contributed by atoms with Crippen LogP contribution < -0.4 is 5.73 Å². The van der Waals surface area contributed by atoms with Crippen LogP contribution in [0, 0.1) is 0 Å².